The number of carbonyl (C=O) groups excluding carboxylic acids is 1. The Hall–Kier alpha value is -1.39. The Morgan fingerprint density at radius 1 is 1.31 bits per heavy atom. The third kappa shape index (κ3) is 2.78. The average Bonchev–Trinajstić information content (AvgIpc) is 3.15. The van der Waals surface area contributed by atoms with Gasteiger partial charge in [0.1, 0.15) is 0 Å². The maximum Gasteiger partial charge on any atom is 0.251 e. The standard InChI is InChI=1S/C22H30N2O2/c1-2-16-5-3-4-6-17(16)21(25)23-11-18-19-13-24(12-15-7-8-15)14-22(19)10-9-20(18)26-22/h3-6,15,18-20H,2,7-14H2,1H3,(H,23,25)/t18-,19+,20+,22+/m0/s1. The molecule has 3 heterocycles. The summed E-state index contributed by atoms with van der Waals surface area (Å²) in [5.41, 5.74) is 2.05. The zero-order valence-corrected chi connectivity index (χ0v) is 15.7. The van der Waals surface area contributed by atoms with Gasteiger partial charge in [-0.15, -0.1) is 0 Å². The van der Waals surface area contributed by atoms with Crippen LogP contribution in [0.25, 0.3) is 0 Å². The van der Waals surface area contributed by atoms with Crippen LogP contribution >= 0.6 is 0 Å². The molecule has 4 fully saturated rings. The molecule has 0 unspecified atom stereocenters. The lowest BCUT2D eigenvalue weighted by Gasteiger charge is -2.29. The second-order valence-corrected chi connectivity index (χ2v) is 8.89. The summed E-state index contributed by atoms with van der Waals surface area (Å²) in [6.45, 7) is 6.40. The SMILES string of the molecule is CCc1ccccc1C(=O)NC[C@H]1[C@H]2CN(CC3CC3)C[C@]23CC[C@H]1O3. The van der Waals surface area contributed by atoms with Gasteiger partial charge in [0.15, 0.2) is 0 Å². The first-order valence-corrected chi connectivity index (χ1v) is 10.4. The second-order valence-electron chi connectivity index (χ2n) is 8.89. The molecular formula is C22H30N2O2. The Bertz CT molecular complexity index is 701. The molecule has 1 amide bonds. The Balaban J connectivity index is 1.25. The smallest absolute Gasteiger partial charge is 0.251 e. The highest BCUT2D eigenvalue weighted by Crippen LogP contribution is 2.55. The van der Waals surface area contributed by atoms with Crippen LogP contribution in [0.3, 0.4) is 0 Å². The second kappa shape index (κ2) is 6.35. The number of rotatable bonds is 6. The number of fused-ring (bicyclic) bond motifs is 1. The van der Waals surface area contributed by atoms with E-state index in [-0.39, 0.29) is 11.5 Å². The summed E-state index contributed by atoms with van der Waals surface area (Å²) in [6.07, 6.45) is 6.44. The van der Waals surface area contributed by atoms with Crippen LogP contribution in [0.1, 0.15) is 48.5 Å². The van der Waals surface area contributed by atoms with Gasteiger partial charge in [0.2, 0.25) is 0 Å². The number of nitrogens with one attached hydrogen (secondary N) is 1. The van der Waals surface area contributed by atoms with Crippen LogP contribution in [0.5, 0.6) is 0 Å². The van der Waals surface area contributed by atoms with E-state index < -0.39 is 0 Å². The van der Waals surface area contributed by atoms with Gasteiger partial charge >= 0.3 is 0 Å². The summed E-state index contributed by atoms with van der Waals surface area (Å²) in [7, 11) is 0. The van der Waals surface area contributed by atoms with E-state index in [1.807, 2.05) is 18.2 Å². The highest BCUT2D eigenvalue weighted by molar-refractivity contribution is 5.95. The van der Waals surface area contributed by atoms with E-state index >= 15 is 0 Å². The lowest BCUT2D eigenvalue weighted by molar-refractivity contribution is 0.00244. The third-order valence-electron chi connectivity index (χ3n) is 7.21. The fourth-order valence-corrected chi connectivity index (χ4v) is 5.72. The topological polar surface area (TPSA) is 41.6 Å². The first kappa shape index (κ1) is 16.8. The van der Waals surface area contributed by atoms with Gasteiger partial charge in [-0.05, 0) is 49.7 Å². The van der Waals surface area contributed by atoms with Gasteiger partial charge < -0.3 is 10.1 Å². The molecule has 26 heavy (non-hydrogen) atoms. The zero-order chi connectivity index (χ0) is 17.7. The van der Waals surface area contributed by atoms with Crippen molar-refractivity contribution >= 4 is 5.91 Å². The Morgan fingerprint density at radius 2 is 2.15 bits per heavy atom. The van der Waals surface area contributed by atoms with E-state index in [2.05, 4.69) is 23.2 Å². The number of benzene rings is 1. The van der Waals surface area contributed by atoms with Crippen LogP contribution in [-0.4, -0.2) is 48.7 Å². The van der Waals surface area contributed by atoms with E-state index in [1.54, 1.807) is 0 Å². The van der Waals surface area contributed by atoms with E-state index in [9.17, 15) is 4.79 Å². The van der Waals surface area contributed by atoms with Crippen LogP contribution in [0, 0.1) is 17.8 Å². The number of ether oxygens (including phenoxy) is 1. The number of nitrogens with zero attached hydrogens (tertiary/aromatic N) is 1. The summed E-state index contributed by atoms with van der Waals surface area (Å²) in [5.74, 6) is 2.09. The molecule has 1 N–H and O–H groups in total. The zero-order valence-electron chi connectivity index (χ0n) is 15.7. The largest absolute Gasteiger partial charge is 0.370 e. The lowest BCUT2D eigenvalue weighted by Crippen LogP contribution is -2.42. The van der Waals surface area contributed by atoms with Crippen LogP contribution in [0.2, 0.25) is 0 Å². The van der Waals surface area contributed by atoms with Gasteiger partial charge in [-0.3, -0.25) is 9.69 Å². The number of amides is 1. The summed E-state index contributed by atoms with van der Waals surface area (Å²) < 4.78 is 6.52. The van der Waals surface area contributed by atoms with Crippen LogP contribution in [0.4, 0.5) is 0 Å². The van der Waals surface area contributed by atoms with Crippen molar-refractivity contribution in [3.8, 4) is 0 Å². The molecule has 1 aliphatic carbocycles. The molecule has 4 atom stereocenters. The average molecular weight is 354 g/mol. The number of likely N-dealkylation sites (tertiary alicyclic amines) is 1. The van der Waals surface area contributed by atoms with Gasteiger partial charge in [-0.1, -0.05) is 25.1 Å². The van der Waals surface area contributed by atoms with E-state index in [0.717, 1.165) is 36.6 Å². The van der Waals surface area contributed by atoms with Crippen LogP contribution in [0.15, 0.2) is 24.3 Å². The molecule has 0 radical (unpaired) electrons. The van der Waals surface area contributed by atoms with Crippen molar-refractivity contribution < 1.29 is 9.53 Å². The fourth-order valence-electron chi connectivity index (χ4n) is 5.72. The monoisotopic (exact) mass is 354 g/mol. The van der Waals surface area contributed by atoms with Crippen molar-refractivity contribution in [1.82, 2.24) is 10.2 Å². The summed E-state index contributed by atoms with van der Waals surface area (Å²) in [6, 6.07) is 7.96. The molecule has 1 aromatic rings. The van der Waals surface area contributed by atoms with Gasteiger partial charge in [0.25, 0.3) is 5.91 Å². The van der Waals surface area contributed by atoms with Gasteiger partial charge in [-0.25, -0.2) is 0 Å². The quantitative estimate of drug-likeness (QED) is 0.854. The highest BCUT2D eigenvalue weighted by atomic mass is 16.5. The number of hydrogen-bond donors (Lipinski definition) is 1. The third-order valence-corrected chi connectivity index (χ3v) is 7.21. The van der Waals surface area contributed by atoms with Gasteiger partial charge in [0, 0.05) is 43.6 Å². The molecule has 4 aliphatic rings. The normalized spacial score (nSPS) is 35.7. The Morgan fingerprint density at radius 3 is 2.96 bits per heavy atom. The Labute approximate surface area is 156 Å². The predicted octanol–water partition coefficient (Wildman–Crippen LogP) is 2.87. The molecule has 4 heteroatoms. The molecule has 0 aromatic heterocycles. The van der Waals surface area contributed by atoms with E-state index in [4.69, 9.17) is 4.74 Å². The van der Waals surface area contributed by atoms with Crippen molar-refractivity contribution in [3.05, 3.63) is 35.4 Å². The van der Waals surface area contributed by atoms with Crippen molar-refractivity contribution in [2.24, 2.45) is 17.8 Å². The summed E-state index contributed by atoms with van der Waals surface area (Å²) >= 11 is 0. The number of carbonyl (C=O) groups is 1. The Kier molecular flexibility index (Phi) is 4.09. The van der Waals surface area contributed by atoms with E-state index in [0.29, 0.717) is 17.9 Å². The van der Waals surface area contributed by atoms with Crippen molar-refractivity contribution in [3.63, 3.8) is 0 Å². The first-order chi connectivity index (χ1) is 12.7. The van der Waals surface area contributed by atoms with Gasteiger partial charge in [0.05, 0.1) is 11.7 Å². The number of hydrogen-bond acceptors (Lipinski definition) is 3. The predicted molar refractivity (Wildman–Crippen MR) is 101 cm³/mol. The number of aryl methyl sites for hydroxylation is 1. The minimum absolute atomic E-state index is 0.0760. The van der Waals surface area contributed by atoms with Gasteiger partial charge in [-0.2, -0.15) is 0 Å². The molecule has 3 saturated heterocycles. The molecule has 1 saturated carbocycles. The fraction of sp³-hybridized carbons (Fsp3) is 0.682. The molecule has 1 spiro atoms. The maximum absolute atomic E-state index is 12.7. The molecule has 3 aliphatic heterocycles. The first-order valence-electron chi connectivity index (χ1n) is 10.4. The molecular weight excluding hydrogens is 324 g/mol. The molecule has 2 bridgehead atoms. The maximum atomic E-state index is 12.7. The van der Waals surface area contributed by atoms with Crippen molar-refractivity contribution in [2.45, 2.75) is 50.7 Å². The minimum atomic E-state index is 0.0760. The molecule has 140 valence electrons. The molecule has 1 aromatic carbocycles. The lowest BCUT2D eigenvalue weighted by atomic mass is 9.73. The summed E-state index contributed by atoms with van der Waals surface area (Å²) in [5, 5.41) is 3.24. The minimum Gasteiger partial charge on any atom is -0.370 e. The summed E-state index contributed by atoms with van der Waals surface area (Å²) in [4.78, 5) is 15.4. The van der Waals surface area contributed by atoms with Crippen molar-refractivity contribution in [2.75, 3.05) is 26.2 Å². The molecule has 4 nitrogen and oxygen atoms in total. The van der Waals surface area contributed by atoms with Crippen LogP contribution < -0.4 is 5.32 Å². The van der Waals surface area contributed by atoms with Crippen LogP contribution in [-0.2, 0) is 11.2 Å². The van der Waals surface area contributed by atoms with E-state index in [1.165, 1.54) is 38.8 Å². The van der Waals surface area contributed by atoms with Crippen molar-refractivity contribution in [1.29, 1.82) is 0 Å². The molecule has 5 rings (SSSR count). The highest BCUT2D eigenvalue weighted by Gasteiger charge is 2.62.